The van der Waals surface area contributed by atoms with E-state index >= 15 is 0 Å². The van der Waals surface area contributed by atoms with Gasteiger partial charge < -0.3 is 14.9 Å². The number of fused-ring (bicyclic) bond motifs is 6. The van der Waals surface area contributed by atoms with Crippen LogP contribution in [0.15, 0.2) is 48.0 Å². The van der Waals surface area contributed by atoms with E-state index in [1.165, 1.54) is 11.3 Å². The Labute approximate surface area is 206 Å². The minimum Gasteiger partial charge on any atom is -0.333 e. The van der Waals surface area contributed by atoms with Gasteiger partial charge in [-0.05, 0) is 6.07 Å². The molecule has 13 heteroatoms. The molecule has 0 saturated heterocycles. The number of amides is 1. The molecule has 6 aromatic heterocycles. The Hall–Kier alpha value is -4.36. The zero-order valence-electron chi connectivity index (χ0n) is 19.2. The van der Waals surface area contributed by atoms with Crippen LogP contribution in [-0.2, 0) is 24.9 Å². The molecule has 0 aliphatic carbocycles. The smallest absolute Gasteiger partial charge is 0.261 e. The second-order valence-electron chi connectivity index (χ2n) is 8.84. The minimum atomic E-state index is -0.249. The van der Waals surface area contributed by atoms with Crippen molar-refractivity contribution >= 4 is 49.7 Å². The lowest BCUT2D eigenvalue weighted by atomic mass is 10.2. The first-order valence-electron chi connectivity index (χ1n) is 11.4. The third kappa shape index (κ3) is 3.39. The monoisotopic (exact) mass is 500 g/mol. The molecule has 0 aromatic carbocycles. The Morgan fingerprint density at radius 2 is 2.11 bits per heavy atom. The molecule has 0 atom stereocenters. The topological polar surface area (TPSA) is 131 Å². The summed E-state index contributed by atoms with van der Waals surface area (Å²) in [5.41, 5.74) is 2.85. The summed E-state index contributed by atoms with van der Waals surface area (Å²) < 4.78 is 5.55. The van der Waals surface area contributed by atoms with Gasteiger partial charge in [-0.25, -0.2) is 9.50 Å². The van der Waals surface area contributed by atoms with Crippen molar-refractivity contribution in [2.75, 3.05) is 18.4 Å². The fourth-order valence-electron chi connectivity index (χ4n) is 4.66. The maximum absolute atomic E-state index is 13.0. The second-order valence-corrected chi connectivity index (χ2v) is 9.87. The zero-order chi connectivity index (χ0) is 24.4. The van der Waals surface area contributed by atoms with Crippen molar-refractivity contribution in [3.05, 3.63) is 59.4 Å². The van der Waals surface area contributed by atoms with Crippen molar-refractivity contribution in [1.82, 2.24) is 43.8 Å². The van der Waals surface area contributed by atoms with Gasteiger partial charge in [-0.2, -0.15) is 10.2 Å². The van der Waals surface area contributed by atoms with Gasteiger partial charge >= 0.3 is 0 Å². The molecule has 12 nitrogen and oxygen atoms in total. The number of hydrogen-bond acceptors (Lipinski definition) is 8. The lowest BCUT2D eigenvalue weighted by Crippen LogP contribution is -2.39. The fraction of sp³-hybridized carbons (Fsp3) is 0.217. The second kappa shape index (κ2) is 7.83. The van der Waals surface area contributed by atoms with E-state index in [-0.39, 0.29) is 18.0 Å². The van der Waals surface area contributed by atoms with Crippen molar-refractivity contribution in [2.45, 2.75) is 13.1 Å². The summed E-state index contributed by atoms with van der Waals surface area (Å²) in [4.78, 5) is 41.3. The maximum atomic E-state index is 13.0. The van der Waals surface area contributed by atoms with Crippen LogP contribution in [0.2, 0.25) is 0 Å². The molecular weight excluding hydrogens is 480 g/mol. The van der Waals surface area contributed by atoms with E-state index in [9.17, 15) is 9.59 Å². The van der Waals surface area contributed by atoms with Gasteiger partial charge in [-0.1, -0.05) is 0 Å². The first-order chi connectivity index (χ1) is 17.5. The summed E-state index contributed by atoms with van der Waals surface area (Å²) in [5, 5.41) is 12.3. The van der Waals surface area contributed by atoms with Crippen LogP contribution >= 0.6 is 11.3 Å². The lowest BCUT2D eigenvalue weighted by molar-refractivity contribution is -0.117. The highest BCUT2D eigenvalue weighted by Gasteiger charge is 2.20. The molecule has 180 valence electrons. The van der Waals surface area contributed by atoms with Gasteiger partial charge in [0.15, 0.2) is 0 Å². The Kier molecular flexibility index (Phi) is 4.56. The molecule has 1 amide bonds. The van der Waals surface area contributed by atoms with Gasteiger partial charge in [0, 0.05) is 50.5 Å². The summed E-state index contributed by atoms with van der Waals surface area (Å²) >= 11 is 1.48. The number of aromatic nitrogens is 8. The number of H-pyrrole nitrogens is 1. The molecule has 7 rings (SSSR count). The van der Waals surface area contributed by atoms with E-state index < -0.39 is 0 Å². The van der Waals surface area contributed by atoms with Crippen molar-refractivity contribution in [2.24, 2.45) is 7.05 Å². The molecule has 7 heterocycles. The molecule has 36 heavy (non-hydrogen) atoms. The van der Waals surface area contributed by atoms with Crippen LogP contribution in [0.5, 0.6) is 0 Å². The predicted molar refractivity (Wildman–Crippen MR) is 135 cm³/mol. The van der Waals surface area contributed by atoms with Gasteiger partial charge in [0.05, 0.1) is 41.6 Å². The van der Waals surface area contributed by atoms with Gasteiger partial charge in [0.1, 0.15) is 27.1 Å². The zero-order valence-corrected chi connectivity index (χ0v) is 20.0. The van der Waals surface area contributed by atoms with Crippen molar-refractivity contribution < 1.29 is 4.79 Å². The SMILES string of the molecule is Cn1cc(-c2cn3nc4c5ncc(NC(=O)CN6CCn7ccnc7C6)cc5[nH]c(=O)c4c3s2)cn1. The van der Waals surface area contributed by atoms with Crippen molar-refractivity contribution in [3.8, 4) is 10.4 Å². The van der Waals surface area contributed by atoms with E-state index in [2.05, 4.69) is 39.9 Å². The summed E-state index contributed by atoms with van der Waals surface area (Å²) in [5.74, 6) is 0.806. The van der Waals surface area contributed by atoms with Gasteiger partial charge in [-0.15, -0.1) is 11.3 Å². The van der Waals surface area contributed by atoms with Crippen LogP contribution in [0.3, 0.4) is 0 Å². The maximum Gasteiger partial charge on any atom is 0.261 e. The third-order valence-corrected chi connectivity index (χ3v) is 7.51. The summed E-state index contributed by atoms with van der Waals surface area (Å²) in [6.07, 6.45) is 10.9. The number of aromatic amines is 1. The number of carbonyl (C=O) groups excluding carboxylic acids is 1. The van der Waals surface area contributed by atoms with Crippen LogP contribution in [0.4, 0.5) is 5.69 Å². The first kappa shape index (κ1) is 21.0. The van der Waals surface area contributed by atoms with Gasteiger partial charge in [0.25, 0.3) is 5.56 Å². The average Bonchev–Trinajstić information content (AvgIpc) is 3.61. The highest BCUT2D eigenvalue weighted by molar-refractivity contribution is 7.21. The summed E-state index contributed by atoms with van der Waals surface area (Å²) in [6, 6.07) is 1.72. The minimum absolute atomic E-state index is 0.148. The van der Waals surface area contributed by atoms with Crippen molar-refractivity contribution in [1.29, 1.82) is 0 Å². The highest BCUT2D eigenvalue weighted by atomic mass is 32.1. The van der Waals surface area contributed by atoms with E-state index in [1.54, 1.807) is 33.9 Å². The standard InChI is InChI=1S/C23H20N10O2S/c1-30-9-13(7-26-30)16-10-33-23(36-16)19-21(29-33)20-15(28-22(19)35)6-14(8-25-20)27-18(34)12-31-4-5-32-3-2-24-17(32)11-31/h2-3,6-10H,4-5,11-12H2,1H3,(H,27,34)(H,28,35). The number of pyridine rings is 2. The Morgan fingerprint density at radius 1 is 1.19 bits per heavy atom. The van der Waals surface area contributed by atoms with E-state index in [0.717, 1.165) is 34.2 Å². The number of hydrogen-bond donors (Lipinski definition) is 2. The summed E-state index contributed by atoms with van der Waals surface area (Å²) in [7, 11) is 1.86. The highest BCUT2D eigenvalue weighted by Crippen LogP contribution is 2.33. The number of anilines is 1. The Balaban J connectivity index is 1.17. The van der Waals surface area contributed by atoms with Crippen molar-refractivity contribution in [3.63, 3.8) is 0 Å². The molecule has 6 aromatic rings. The normalized spacial score (nSPS) is 14.1. The third-order valence-electron chi connectivity index (χ3n) is 6.36. The molecule has 0 radical (unpaired) electrons. The molecule has 0 fully saturated rings. The molecule has 0 saturated carbocycles. The number of thiazole rings is 1. The molecule has 0 bridgehead atoms. The fourth-order valence-corrected chi connectivity index (χ4v) is 5.72. The quantitative estimate of drug-likeness (QED) is 0.378. The van der Waals surface area contributed by atoms with Crippen LogP contribution in [0.1, 0.15) is 5.82 Å². The first-order valence-corrected chi connectivity index (χ1v) is 12.2. The molecule has 0 unspecified atom stereocenters. The van der Waals surface area contributed by atoms with E-state index in [0.29, 0.717) is 34.2 Å². The molecular formula is C23H20N10O2S. The van der Waals surface area contributed by atoms with E-state index in [4.69, 9.17) is 0 Å². The molecule has 1 aliphatic heterocycles. The molecule has 1 aliphatic rings. The van der Waals surface area contributed by atoms with Crippen LogP contribution < -0.4 is 10.9 Å². The van der Waals surface area contributed by atoms with Gasteiger partial charge in [-0.3, -0.25) is 24.2 Å². The molecule has 0 spiro atoms. The Morgan fingerprint density at radius 3 is 2.97 bits per heavy atom. The van der Waals surface area contributed by atoms with Gasteiger partial charge in [0.2, 0.25) is 5.91 Å². The molecule has 2 N–H and O–H groups in total. The van der Waals surface area contributed by atoms with Crippen LogP contribution in [0.25, 0.3) is 37.2 Å². The number of nitrogens with one attached hydrogen (secondary N) is 2. The largest absolute Gasteiger partial charge is 0.333 e. The van der Waals surface area contributed by atoms with E-state index in [1.807, 2.05) is 25.6 Å². The number of nitrogens with zero attached hydrogens (tertiary/aromatic N) is 8. The number of carbonyl (C=O) groups is 1. The number of aryl methyl sites for hydroxylation is 1. The average molecular weight is 501 g/mol. The number of imidazole rings is 1. The van der Waals surface area contributed by atoms with Crippen LogP contribution in [-0.4, -0.2) is 62.8 Å². The lowest BCUT2D eigenvalue weighted by Gasteiger charge is -2.26. The summed E-state index contributed by atoms with van der Waals surface area (Å²) in [6.45, 7) is 2.46. The van der Waals surface area contributed by atoms with Crippen LogP contribution in [0, 0.1) is 0 Å². The predicted octanol–water partition coefficient (Wildman–Crippen LogP) is 1.84. The number of rotatable bonds is 4. The Bertz CT molecular complexity index is 1860.